The number of amides is 1. The maximum Gasteiger partial charge on any atom is 0.254 e. The van der Waals surface area contributed by atoms with E-state index in [1.54, 1.807) is 11.9 Å². The Bertz CT molecular complexity index is 222. The van der Waals surface area contributed by atoms with Gasteiger partial charge in [0.25, 0.3) is 5.91 Å². The van der Waals surface area contributed by atoms with Crippen LogP contribution in [0.15, 0.2) is 0 Å². The highest BCUT2D eigenvalue weighted by Gasteiger charge is 2.36. The van der Waals surface area contributed by atoms with Crippen molar-refractivity contribution < 1.29 is 14.6 Å². The first-order chi connectivity index (χ1) is 6.34. The highest BCUT2D eigenvalue weighted by Crippen LogP contribution is 2.20. The molecule has 1 saturated heterocycles. The number of carbonyl (C=O) groups is 1. The van der Waals surface area contributed by atoms with Gasteiger partial charge in [-0.1, -0.05) is 6.92 Å². The van der Waals surface area contributed by atoms with Crippen LogP contribution in [0.1, 0.15) is 20.8 Å². The first-order valence-corrected chi connectivity index (χ1v) is 4.91. The summed E-state index contributed by atoms with van der Waals surface area (Å²) in [7, 11) is 1.72. The number of hydrogen-bond donors (Lipinski definition) is 1. The first-order valence-electron chi connectivity index (χ1n) is 4.91. The van der Waals surface area contributed by atoms with Crippen molar-refractivity contribution >= 4 is 5.91 Å². The lowest BCUT2D eigenvalue weighted by Crippen LogP contribution is -2.49. The van der Waals surface area contributed by atoms with Crippen LogP contribution in [-0.2, 0) is 9.53 Å². The van der Waals surface area contributed by atoms with Crippen LogP contribution in [0.5, 0.6) is 0 Å². The summed E-state index contributed by atoms with van der Waals surface area (Å²) in [5.74, 6) is 0.0890. The lowest BCUT2D eigenvalue weighted by Gasteiger charge is -2.31. The highest BCUT2D eigenvalue weighted by atomic mass is 16.5. The summed E-state index contributed by atoms with van der Waals surface area (Å²) >= 11 is 0. The maximum absolute atomic E-state index is 11.7. The molecular formula is C10H19NO3. The zero-order chi connectivity index (χ0) is 10.9. The highest BCUT2D eigenvalue weighted by molar-refractivity contribution is 5.84. The summed E-state index contributed by atoms with van der Waals surface area (Å²) in [5.41, 5.74) is -1.29. The van der Waals surface area contributed by atoms with Crippen molar-refractivity contribution in [2.75, 3.05) is 20.3 Å². The monoisotopic (exact) mass is 201 g/mol. The number of hydrogen-bond acceptors (Lipinski definition) is 3. The molecule has 0 bridgehead atoms. The molecule has 4 nitrogen and oxygen atoms in total. The molecule has 4 heteroatoms. The van der Waals surface area contributed by atoms with Crippen LogP contribution in [-0.4, -0.2) is 47.8 Å². The summed E-state index contributed by atoms with van der Waals surface area (Å²) in [4.78, 5) is 13.3. The van der Waals surface area contributed by atoms with Gasteiger partial charge < -0.3 is 14.7 Å². The van der Waals surface area contributed by atoms with Gasteiger partial charge in [0.15, 0.2) is 0 Å². The summed E-state index contributed by atoms with van der Waals surface area (Å²) < 4.78 is 5.28. The van der Waals surface area contributed by atoms with Gasteiger partial charge in [-0.15, -0.1) is 0 Å². The Labute approximate surface area is 84.8 Å². The van der Waals surface area contributed by atoms with Gasteiger partial charge in [0.05, 0.1) is 19.3 Å². The number of rotatable bonds is 2. The van der Waals surface area contributed by atoms with Gasteiger partial charge in [-0.25, -0.2) is 0 Å². The average Bonchev–Trinajstić information content (AvgIpc) is 2.47. The van der Waals surface area contributed by atoms with Crippen molar-refractivity contribution in [3.05, 3.63) is 0 Å². The molecule has 0 aliphatic carbocycles. The molecule has 0 aromatic heterocycles. The van der Waals surface area contributed by atoms with Crippen LogP contribution in [0.4, 0.5) is 0 Å². The normalized spacial score (nSPS) is 27.8. The van der Waals surface area contributed by atoms with Crippen LogP contribution in [0.3, 0.4) is 0 Å². The molecule has 2 unspecified atom stereocenters. The first kappa shape index (κ1) is 11.5. The fraction of sp³-hybridized carbons (Fsp3) is 0.900. The third-order valence-corrected chi connectivity index (χ3v) is 2.67. The molecule has 1 amide bonds. The number of likely N-dealkylation sites (N-methyl/N-ethyl adjacent to an activating group) is 1. The topological polar surface area (TPSA) is 49.8 Å². The fourth-order valence-corrected chi connectivity index (χ4v) is 1.73. The van der Waals surface area contributed by atoms with E-state index in [9.17, 15) is 9.90 Å². The van der Waals surface area contributed by atoms with Crippen LogP contribution in [0, 0.1) is 5.92 Å². The Morgan fingerprint density at radius 3 is 2.43 bits per heavy atom. The van der Waals surface area contributed by atoms with Crippen molar-refractivity contribution in [2.45, 2.75) is 32.4 Å². The minimum absolute atomic E-state index is 0.0916. The van der Waals surface area contributed by atoms with Crippen LogP contribution < -0.4 is 0 Å². The van der Waals surface area contributed by atoms with E-state index in [2.05, 4.69) is 0 Å². The van der Waals surface area contributed by atoms with Gasteiger partial charge >= 0.3 is 0 Å². The predicted octanol–water partition coefficient (Wildman–Crippen LogP) is 0.251. The molecule has 1 N–H and O–H groups in total. The molecule has 0 aromatic carbocycles. The Balaban J connectivity index is 2.65. The Morgan fingerprint density at radius 1 is 1.50 bits per heavy atom. The van der Waals surface area contributed by atoms with Crippen molar-refractivity contribution in [1.82, 2.24) is 4.90 Å². The second kappa shape index (κ2) is 3.87. The van der Waals surface area contributed by atoms with Crippen molar-refractivity contribution in [3.63, 3.8) is 0 Å². The molecule has 82 valence electrons. The number of carbonyl (C=O) groups excluding carboxylic acids is 1. The average molecular weight is 201 g/mol. The molecule has 0 radical (unpaired) electrons. The molecule has 14 heavy (non-hydrogen) atoms. The van der Waals surface area contributed by atoms with E-state index in [0.29, 0.717) is 19.1 Å². The van der Waals surface area contributed by atoms with E-state index >= 15 is 0 Å². The number of aliphatic hydroxyl groups is 1. The molecular weight excluding hydrogens is 182 g/mol. The predicted molar refractivity (Wildman–Crippen MR) is 52.8 cm³/mol. The lowest BCUT2D eigenvalue weighted by molar-refractivity contribution is -0.149. The second-order valence-electron chi connectivity index (χ2n) is 4.56. The molecule has 1 fully saturated rings. The van der Waals surface area contributed by atoms with Crippen LogP contribution in [0.25, 0.3) is 0 Å². The minimum Gasteiger partial charge on any atom is -0.381 e. The molecule has 0 aromatic rings. The second-order valence-corrected chi connectivity index (χ2v) is 4.56. The van der Waals surface area contributed by atoms with E-state index in [-0.39, 0.29) is 11.9 Å². The van der Waals surface area contributed by atoms with E-state index < -0.39 is 5.60 Å². The van der Waals surface area contributed by atoms with Crippen LogP contribution in [0.2, 0.25) is 0 Å². The molecule has 1 rings (SSSR count). The van der Waals surface area contributed by atoms with Gasteiger partial charge in [-0.3, -0.25) is 4.79 Å². The molecule has 0 spiro atoms. The summed E-state index contributed by atoms with van der Waals surface area (Å²) in [6.07, 6.45) is 0. The Hall–Kier alpha value is -0.610. The third kappa shape index (κ3) is 2.25. The third-order valence-electron chi connectivity index (χ3n) is 2.67. The van der Waals surface area contributed by atoms with E-state index in [4.69, 9.17) is 4.74 Å². The number of ether oxygens (including phenoxy) is 1. The summed E-state index contributed by atoms with van der Waals surface area (Å²) in [6, 6.07) is 0.0916. The maximum atomic E-state index is 11.7. The Morgan fingerprint density at radius 2 is 2.07 bits per heavy atom. The summed E-state index contributed by atoms with van der Waals surface area (Å²) in [6.45, 7) is 6.32. The number of nitrogens with zero attached hydrogens (tertiary/aromatic N) is 1. The molecule has 1 aliphatic rings. The van der Waals surface area contributed by atoms with Crippen molar-refractivity contribution in [3.8, 4) is 0 Å². The standard InChI is InChI=1S/C10H19NO3/c1-7-5-14-6-8(7)11(4)9(12)10(2,3)13/h7-8,13H,5-6H2,1-4H3. The smallest absolute Gasteiger partial charge is 0.254 e. The minimum atomic E-state index is -1.29. The fourth-order valence-electron chi connectivity index (χ4n) is 1.73. The largest absolute Gasteiger partial charge is 0.381 e. The van der Waals surface area contributed by atoms with E-state index in [1.165, 1.54) is 13.8 Å². The van der Waals surface area contributed by atoms with Gasteiger partial charge in [0, 0.05) is 13.0 Å². The van der Waals surface area contributed by atoms with Crippen molar-refractivity contribution in [2.24, 2.45) is 5.92 Å². The Kier molecular flexibility index (Phi) is 3.17. The van der Waals surface area contributed by atoms with Crippen LogP contribution >= 0.6 is 0 Å². The van der Waals surface area contributed by atoms with Crippen molar-refractivity contribution in [1.29, 1.82) is 0 Å². The van der Waals surface area contributed by atoms with Gasteiger partial charge in [-0.2, -0.15) is 0 Å². The molecule has 1 aliphatic heterocycles. The van der Waals surface area contributed by atoms with Gasteiger partial charge in [0.2, 0.25) is 0 Å². The lowest BCUT2D eigenvalue weighted by atomic mass is 10.0. The van der Waals surface area contributed by atoms with E-state index in [1.807, 2.05) is 6.92 Å². The molecule has 2 atom stereocenters. The zero-order valence-electron chi connectivity index (χ0n) is 9.28. The van der Waals surface area contributed by atoms with Gasteiger partial charge in [-0.05, 0) is 13.8 Å². The zero-order valence-corrected chi connectivity index (χ0v) is 9.28. The quantitative estimate of drug-likeness (QED) is 0.696. The SMILES string of the molecule is CC1COCC1N(C)C(=O)C(C)(C)O. The van der Waals surface area contributed by atoms with E-state index in [0.717, 1.165) is 0 Å². The molecule has 0 saturated carbocycles. The molecule has 1 heterocycles. The summed E-state index contributed by atoms with van der Waals surface area (Å²) in [5, 5.41) is 9.57. The van der Waals surface area contributed by atoms with Gasteiger partial charge in [0.1, 0.15) is 5.60 Å².